The SMILES string of the molecule is CC/C=C\C/C=C\C/C=C\C/C=C\C/C=C\CCCCCCCCCCCCCC(=O)OC(/C=C/CCCCCCCCCCCC)C(COP(=O)([O-])OCC[N+](C)(C)C)NC(=O)CCCCCCCCCCCCCCC/C=C/CCCCCCCC. The zero-order valence-corrected chi connectivity index (χ0v) is 59.6. The van der Waals surface area contributed by atoms with Crippen LogP contribution in [0.1, 0.15) is 348 Å². The first-order valence-corrected chi connectivity index (χ1v) is 38.9. The first-order chi connectivity index (χ1) is 42.9. The van der Waals surface area contributed by atoms with E-state index >= 15 is 0 Å². The van der Waals surface area contributed by atoms with E-state index in [0.29, 0.717) is 17.4 Å². The van der Waals surface area contributed by atoms with Crippen LogP contribution in [-0.4, -0.2) is 69.4 Å². The number of esters is 1. The number of nitrogens with one attached hydrogen (secondary N) is 1. The van der Waals surface area contributed by atoms with Crippen molar-refractivity contribution in [1.29, 1.82) is 0 Å². The van der Waals surface area contributed by atoms with Crippen LogP contribution in [0.15, 0.2) is 85.1 Å². The van der Waals surface area contributed by atoms with Crippen molar-refractivity contribution in [3.05, 3.63) is 85.1 Å². The topological polar surface area (TPSA) is 114 Å². The number of hydrogen-bond acceptors (Lipinski definition) is 7. The maximum atomic E-state index is 13.6. The molecule has 0 saturated heterocycles. The Kier molecular flexibility index (Phi) is 64.9. The Morgan fingerprint density at radius 1 is 0.409 bits per heavy atom. The molecule has 0 saturated carbocycles. The summed E-state index contributed by atoms with van der Waals surface area (Å²) in [5.74, 6) is -0.534. The fraction of sp³-hybridized carbons (Fsp3) is 0.795. The summed E-state index contributed by atoms with van der Waals surface area (Å²) >= 11 is 0. The van der Waals surface area contributed by atoms with E-state index in [1.54, 1.807) is 0 Å². The molecule has 0 aromatic rings. The van der Waals surface area contributed by atoms with Crippen LogP contribution < -0.4 is 10.2 Å². The van der Waals surface area contributed by atoms with Gasteiger partial charge in [-0.2, -0.15) is 0 Å². The molecule has 1 N–H and O–H groups in total. The molecule has 10 heteroatoms. The van der Waals surface area contributed by atoms with Crippen molar-refractivity contribution in [2.75, 3.05) is 40.9 Å². The number of phosphoric acid groups is 1. The summed E-state index contributed by atoms with van der Waals surface area (Å²) in [7, 11) is 1.19. The highest BCUT2D eigenvalue weighted by Crippen LogP contribution is 2.38. The highest BCUT2D eigenvalue weighted by Gasteiger charge is 2.27. The summed E-state index contributed by atoms with van der Waals surface area (Å²) in [6, 6.07) is -0.893. The van der Waals surface area contributed by atoms with E-state index in [1.807, 2.05) is 33.3 Å². The highest BCUT2D eigenvalue weighted by atomic mass is 31.2. The third kappa shape index (κ3) is 67.6. The van der Waals surface area contributed by atoms with Crippen molar-refractivity contribution < 1.29 is 37.3 Å². The molecule has 3 atom stereocenters. The van der Waals surface area contributed by atoms with Crippen LogP contribution in [0.2, 0.25) is 0 Å². The highest BCUT2D eigenvalue weighted by molar-refractivity contribution is 7.45. The molecule has 0 radical (unpaired) electrons. The van der Waals surface area contributed by atoms with Crippen LogP contribution in [0, 0.1) is 0 Å². The third-order valence-corrected chi connectivity index (χ3v) is 17.5. The molecule has 0 fully saturated rings. The van der Waals surface area contributed by atoms with Gasteiger partial charge in [-0.3, -0.25) is 14.2 Å². The number of likely N-dealkylation sites (N-methyl/N-ethyl adjacent to an activating group) is 1. The first-order valence-electron chi connectivity index (χ1n) is 37.4. The van der Waals surface area contributed by atoms with E-state index in [-0.39, 0.29) is 31.5 Å². The van der Waals surface area contributed by atoms with Gasteiger partial charge in [-0.05, 0) is 102 Å². The summed E-state index contributed by atoms with van der Waals surface area (Å²) in [4.78, 5) is 40.3. The molecule has 88 heavy (non-hydrogen) atoms. The molecule has 0 heterocycles. The molecule has 9 nitrogen and oxygen atoms in total. The summed E-state index contributed by atoms with van der Waals surface area (Å²) < 4.78 is 30.5. The minimum atomic E-state index is -4.71. The number of allylic oxidation sites excluding steroid dienone is 13. The van der Waals surface area contributed by atoms with Gasteiger partial charge < -0.3 is 28.5 Å². The molecule has 0 aromatic heterocycles. The van der Waals surface area contributed by atoms with Gasteiger partial charge in [0, 0.05) is 12.8 Å². The van der Waals surface area contributed by atoms with Gasteiger partial charge in [0.15, 0.2) is 0 Å². The van der Waals surface area contributed by atoms with E-state index in [2.05, 4.69) is 99.0 Å². The van der Waals surface area contributed by atoms with Crippen molar-refractivity contribution in [1.82, 2.24) is 5.32 Å². The predicted molar refractivity (Wildman–Crippen MR) is 381 cm³/mol. The van der Waals surface area contributed by atoms with Gasteiger partial charge in [0.2, 0.25) is 5.91 Å². The lowest BCUT2D eigenvalue weighted by atomic mass is 10.0. The number of nitrogens with zero attached hydrogens (tertiary/aromatic N) is 1. The summed E-state index contributed by atoms with van der Waals surface area (Å²) in [5, 5.41) is 3.05. The Hall–Kier alpha value is -2.81. The normalized spacial score (nSPS) is 13.9. The zero-order chi connectivity index (χ0) is 64.2. The molecule has 0 spiro atoms. The second kappa shape index (κ2) is 67.1. The standard InChI is InChI=1S/C78H143N2O7P/c1-7-10-13-16-19-22-25-28-30-32-34-36-38-39-40-41-43-45-47-49-51-53-56-59-62-65-68-71-78(82)87-76(69-66-63-60-57-54-27-24-21-18-15-12-9-3)75(74-86-88(83,84)85-73-72-80(4,5)6)79-77(81)70-67-64-61-58-55-52-50-48-46-44-42-37-35-33-31-29-26-23-20-17-14-11-8-2/h10,13,19,22,28-31,34,36,39-40,66,69,75-76H,7-9,11-12,14-18,20-21,23-27,32-33,35,37-38,41-65,67-68,70-74H2,1-6H3,(H-,79,81,83,84)/b13-10-,22-19-,30-28-,31-29+,36-34-,40-39-,69-66+. The maximum absolute atomic E-state index is 13.6. The lowest BCUT2D eigenvalue weighted by molar-refractivity contribution is -0.870. The molecule has 3 unspecified atom stereocenters. The fourth-order valence-electron chi connectivity index (χ4n) is 10.8. The van der Waals surface area contributed by atoms with E-state index in [1.165, 1.54) is 225 Å². The van der Waals surface area contributed by atoms with Crippen molar-refractivity contribution in [3.8, 4) is 0 Å². The number of carbonyl (C=O) groups excluding carboxylic acids is 2. The second-order valence-electron chi connectivity index (χ2n) is 26.4. The van der Waals surface area contributed by atoms with E-state index in [4.69, 9.17) is 13.8 Å². The fourth-order valence-corrected chi connectivity index (χ4v) is 11.6. The van der Waals surface area contributed by atoms with Crippen LogP contribution >= 0.6 is 7.82 Å². The average molecular weight is 1250 g/mol. The molecule has 0 aliphatic rings. The largest absolute Gasteiger partial charge is 0.756 e. The van der Waals surface area contributed by atoms with Gasteiger partial charge in [0.05, 0.1) is 33.8 Å². The van der Waals surface area contributed by atoms with Crippen molar-refractivity contribution in [3.63, 3.8) is 0 Å². The monoisotopic (exact) mass is 1250 g/mol. The summed E-state index contributed by atoms with van der Waals surface area (Å²) in [5.41, 5.74) is 0. The molecule has 0 aromatic carbocycles. The average Bonchev–Trinajstić information content (AvgIpc) is 3.61. The number of unbranched alkanes of at least 4 members (excludes halogenated alkanes) is 40. The Bertz CT molecular complexity index is 1780. The van der Waals surface area contributed by atoms with Gasteiger partial charge in [-0.25, -0.2) is 0 Å². The van der Waals surface area contributed by atoms with Crippen LogP contribution in [0.3, 0.4) is 0 Å². The third-order valence-electron chi connectivity index (χ3n) is 16.6. The maximum Gasteiger partial charge on any atom is 0.306 e. The first kappa shape index (κ1) is 85.2. The number of hydrogen-bond donors (Lipinski definition) is 1. The zero-order valence-electron chi connectivity index (χ0n) is 58.7. The van der Waals surface area contributed by atoms with Gasteiger partial charge in [0.25, 0.3) is 7.82 Å². The number of rotatable bonds is 68. The van der Waals surface area contributed by atoms with E-state index in [0.717, 1.165) is 89.9 Å². The number of phosphoric ester groups is 1. The quantitative estimate of drug-likeness (QED) is 0.0212. The van der Waals surface area contributed by atoms with Crippen LogP contribution in [0.5, 0.6) is 0 Å². The van der Waals surface area contributed by atoms with Crippen LogP contribution in [0.25, 0.3) is 0 Å². The van der Waals surface area contributed by atoms with Gasteiger partial charge >= 0.3 is 5.97 Å². The van der Waals surface area contributed by atoms with E-state index < -0.39 is 20.0 Å². The predicted octanol–water partition coefficient (Wildman–Crippen LogP) is 23.4. The lowest BCUT2D eigenvalue weighted by Crippen LogP contribution is -2.47. The molecule has 0 bridgehead atoms. The van der Waals surface area contributed by atoms with Gasteiger partial charge in [-0.1, -0.05) is 318 Å². The minimum Gasteiger partial charge on any atom is -0.756 e. The van der Waals surface area contributed by atoms with Crippen molar-refractivity contribution in [2.24, 2.45) is 0 Å². The Labute approximate surface area is 546 Å². The number of ether oxygens (including phenoxy) is 1. The van der Waals surface area contributed by atoms with Crippen LogP contribution in [0.4, 0.5) is 0 Å². The van der Waals surface area contributed by atoms with E-state index in [9.17, 15) is 19.0 Å². The van der Waals surface area contributed by atoms with Crippen molar-refractivity contribution in [2.45, 2.75) is 360 Å². The molecule has 0 aliphatic carbocycles. The molecule has 0 aliphatic heterocycles. The molecule has 1 amide bonds. The molecule has 0 rings (SSSR count). The van der Waals surface area contributed by atoms with Gasteiger partial charge in [0.1, 0.15) is 19.3 Å². The Morgan fingerprint density at radius 2 is 0.727 bits per heavy atom. The number of quaternary nitrogens is 1. The Balaban J connectivity index is 5.00. The second-order valence-corrected chi connectivity index (χ2v) is 27.8. The lowest BCUT2D eigenvalue weighted by Gasteiger charge is -2.30. The summed E-state index contributed by atoms with van der Waals surface area (Å²) in [6.45, 7) is 6.76. The number of amides is 1. The molecular weight excluding hydrogens is 1110 g/mol. The number of carbonyl (C=O) groups is 2. The summed E-state index contributed by atoms with van der Waals surface area (Å²) in [6.07, 6.45) is 90.0. The Morgan fingerprint density at radius 3 is 1.10 bits per heavy atom. The van der Waals surface area contributed by atoms with Crippen molar-refractivity contribution >= 4 is 19.7 Å². The van der Waals surface area contributed by atoms with Gasteiger partial charge in [-0.15, -0.1) is 0 Å². The molecular formula is C78H143N2O7P. The molecule has 512 valence electrons. The smallest absolute Gasteiger partial charge is 0.306 e. The minimum absolute atomic E-state index is 0.0240. The van der Waals surface area contributed by atoms with Crippen LogP contribution in [-0.2, 0) is 27.9 Å².